The van der Waals surface area contributed by atoms with Crippen LogP contribution in [0.4, 0.5) is 62.7 Å². The Bertz CT molecular complexity index is 3240. The maximum atomic E-state index is 12.7. The van der Waals surface area contributed by atoms with Crippen molar-refractivity contribution in [3.05, 3.63) is 141 Å². The minimum atomic E-state index is -4.94. The molecular formula is C57H67F7N10O10. The van der Waals surface area contributed by atoms with Gasteiger partial charge in [-0.25, -0.2) is 24.4 Å². The van der Waals surface area contributed by atoms with Gasteiger partial charge in [0.05, 0.1) is 25.3 Å². The molecule has 4 amide bonds. The molecule has 27 heteroatoms. The monoisotopic (exact) mass is 1190 g/mol. The van der Waals surface area contributed by atoms with E-state index in [0.717, 1.165) is 54.5 Å². The lowest BCUT2D eigenvalue weighted by molar-refractivity contribution is -0.275. The number of aromatic amines is 2. The first-order chi connectivity index (χ1) is 39.9. The molecule has 0 spiro atoms. The van der Waals surface area contributed by atoms with Gasteiger partial charge in [-0.15, -0.1) is 31.6 Å². The van der Waals surface area contributed by atoms with Crippen LogP contribution in [0.3, 0.4) is 0 Å². The molecule has 6 N–H and O–H groups in total. The number of carbonyl (C=O) groups excluding carboxylic acids is 3. The van der Waals surface area contributed by atoms with Crippen LogP contribution < -0.4 is 41.7 Å². The number of nitrogens with zero attached hydrogens (tertiary/aromatic N) is 5. The molecule has 2 aromatic heterocycles. The maximum absolute atomic E-state index is 12.7. The van der Waals surface area contributed by atoms with Crippen molar-refractivity contribution in [1.29, 1.82) is 5.26 Å². The lowest BCUT2D eigenvalue weighted by atomic mass is 10.1. The fourth-order valence-corrected chi connectivity index (χ4v) is 6.96. The number of aromatic nitrogens is 4. The van der Waals surface area contributed by atoms with Gasteiger partial charge in [-0.2, -0.15) is 0 Å². The Morgan fingerprint density at radius 1 is 0.643 bits per heavy atom. The number of nitriles is 1. The number of hydrogen-bond donors (Lipinski definition) is 5. The number of nitrogen functional groups attached to an aromatic ring is 1. The fourth-order valence-electron chi connectivity index (χ4n) is 6.96. The van der Waals surface area contributed by atoms with E-state index in [1.807, 2.05) is 72.7 Å². The number of carbonyl (C=O) groups is 3. The van der Waals surface area contributed by atoms with E-state index in [0.29, 0.717) is 37.3 Å². The zero-order valence-electron chi connectivity index (χ0n) is 48.3. The van der Waals surface area contributed by atoms with Gasteiger partial charge in [0.2, 0.25) is 5.95 Å². The summed E-state index contributed by atoms with van der Waals surface area (Å²) in [6, 6.07) is 23.6. The smallest absolute Gasteiger partial charge is 0.444 e. The van der Waals surface area contributed by atoms with E-state index in [4.69, 9.17) is 21.8 Å². The van der Waals surface area contributed by atoms with Crippen molar-refractivity contribution in [2.75, 3.05) is 36.6 Å². The third-order valence-electron chi connectivity index (χ3n) is 10.6. The molecule has 0 aliphatic carbocycles. The Kier molecular flexibility index (Phi) is 25.8. The van der Waals surface area contributed by atoms with E-state index in [9.17, 15) is 54.7 Å². The SMILES string of the molecule is CCCCN(Cc1ccc(-c2cnc(N)[nH]c2=O)cc1)C(=O)OC(C)(C)C.CCCCN(Cc1ccc(-c2cnc(NC(=O)Nc3ccccc3OC(F)(F)F)[nH]c2=O)cc1)C(=O)OC(C)(C)C.N#COc1ccccc1OC(F)(F)F.[2H]CF. The third kappa shape index (κ3) is 25.2. The van der Waals surface area contributed by atoms with Gasteiger partial charge < -0.3 is 44.5 Å². The van der Waals surface area contributed by atoms with Crippen molar-refractivity contribution < 1.29 is 70.2 Å². The first-order valence-electron chi connectivity index (χ1n) is 26.4. The van der Waals surface area contributed by atoms with Gasteiger partial charge in [0, 0.05) is 38.6 Å². The van der Waals surface area contributed by atoms with Gasteiger partial charge in [-0.05, 0) is 101 Å². The lowest BCUT2D eigenvalue weighted by Gasteiger charge is -2.27. The van der Waals surface area contributed by atoms with Crippen molar-refractivity contribution in [3.8, 4) is 45.8 Å². The molecule has 454 valence electrons. The Morgan fingerprint density at radius 3 is 1.48 bits per heavy atom. The Balaban J connectivity index is 0.000000366. The average molecular weight is 1190 g/mol. The van der Waals surface area contributed by atoms with Crippen LogP contribution in [0, 0.1) is 11.5 Å². The summed E-state index contributed by atoms with van der Waals surface area (Å²) in [7, 11) is -1.00. The van der Waals surface area contributed by atoms with Crippen LogP contribution >= 0.6 is 0 Å². The quantitative estimate of drug-likeness (QED) is 0.0420. The van der Waals surface area contributed by atoms with E-state index < -0.39 is 60.3 Å². The molecule has 84 heavy (non-hydrogen) atoms. The number of amides is 4. The summed E-state index contributed by atoms with van der Waals surface area (Å²) in [6.07, 6.45) is -2.84. The number of rotatable bonds is 17. The number of urea groups is 1. The standard InChI is InChI=1S/C28H32F3N5O5.C20H28N4O3.C8H4F3NO2.CH3F/c1-5-6-15-36(26(39)41-27(2,3)4)17-18-11-13-19(14-12-18)20-16-32-24(34-23(20)37)35-25(38)33-21-9-7-8-10-22(21)40-28(29,30)31;1-5-6-11-24(19(26)27-20(2,3)4)13-14-7-9-15(10-8-14)16-12-22-18(21)23-17(16)25;9-8(10,11)14-7-4-2-1-3-6(7)13-5-12;1-2/h7-14,16H,5-6,15,17H2,1-4H3,(H3,32,33,34,35,37,38);7-10,12H,5-6,11,13H2,1-4H3,(H3,21,22,23,25);1-4H;1H3/i;;;1D. The van der Waals surface area contributed by atoms with Gasteiger partial charge in [-0.1, -0.05) is 99.5 Å². The predicted octanol–water partition coefficient (Wildman–Crippen LogP) is 13.1. The molecule has 20 nitrogen and oxygen atoms in total. The van der Waals surface area contributed by atoms with Crippen molar-refractivity contribution in [2.45, 2.75) is 118 Å². The normalized spacial score (nSPS) is 11.2. The van der Waals surface area contributed by atoms with Gasteiger partial charge in [0.25, 0.3) is 17.4 Å². The molecule has 0 atom stereocenters. The summed E-state index contributed by atoms with van der Waals surface area (Å²) in [6.45, 7) is 17.1. The average Bonchev–Trinajstić information content (AvgIpc) is 3.59. The largest absolute Gasteiger partial charge is 0.573 e. The zero-order valence-corrected chi connectivity index (χ0v) is 47.3. The zero-order chi connectivity index (χ0) is 63.5. The van der Waals surface area contributed by atoms with Crippen LogP contribution in [0.5, 0.6) is 17.2 Å². The topological polar surface area (TPSA) is 269 Å². The van der Waals surface area contributed by atoms with Crippen LogP contribution in [0.1, 0.15) is 93.6 Å². The number of nitrogens with two attached hydrogens (primary N) is 1. The van der Waals surface area contributed by atoms with Crippen molar-refractivity contribution >= 4 is 35.8 Å². The highest BCUT2D eigenvalue weighted by atomic mass is 19.4. The minimum Gasteiger partial charge on any atom is -0.444 e. The highest BCUT2D eigenvalue weighted by Gasteiger charge is 2.33. The number of hydrogen-bond acceptors (Lipinski definition) is 14. The second-order valence-electron chi connectivity index (χ2n) is 19.7. The van der Waals surface area contributed by atoms with Gasteiger partial charge in [0.15, 0.2) is 23.2 Å². The lowest BCUT2D eigenvalue weighted by Crippen LogP contribution is -2.37. The maximum Gasteiger partial charge on any atom is 0.573 e. The Labute approximate surface area is 481 Å². The third-order valence-corrected chi connectivity index (χ3v) is 10.6. The molecule has 0 bridgehead atoms. The molecule has 0 aliphatic rings. The molecule has 0 saturated heterocycles. The van der Waals surface area contributed by atoms with E-state index in [1.54, 1.807) is 34.1 Å². The molecule has 0 radical (unpaired) electrons. The fraction of sp³-hybridized carbons (Fsp3) is 0.368. The van der Waals surface area contributed by atoms with Crippen LogP contribution in [0.15, 0.2) is 119 Å². The summed E-state index contributed by atoms with van der Waals surface area (Å²) < 4.78 is 112. The number of benzene rings is 4. The van der Waals surface area contributed by atoms with Crippen molar-refractivity contribution in [1.82, 2.24) is 29.7 Å². The van der Waals surface area contributed by atoms with Crippen LogP contribution in [-0.4, -0.2) is 92.1 Å². The van der Waals surface area contributed by atoms with E-state index >= 15 is 0 Å². The summed E-state index contributed by atoms with van der Waals surface area (Å²) in [5.41, 5.74) is 7.02. The van der Waals surface area contributed by atoms with Crippen LogP contribution in [-0.2, 0) is 22.6 Å². The predicted molar refractivity (Wildman–Crippen MR) is 300 cm³/mol. The number of halogens is 7. The van der Waals surface area contributed by atoms with E-state index in [-0.39, 0.29) is 40.5 Å². The number of unbranched alkanes of at least 4 members (excludes halogenated alkanes) is 2. The highest BCUT2D eigenvalue weighted by Crippen LogP contribution is 2.32. The molecule has 0 unspecified atom stereocenters. The number of para-hydroxylation sites is 4. The van der Waals surface area contributed by atoms with Crippen LogP contribution in [0.25, 0.3) is 22.3 Å². The molecule has 0 fully saturated rings. The number of alkyl halides is 7. The van der Waals surface area contributed by atoms with Crippen LogP contribution in [0.2, 0.25) is 0 Å². The second-order valence-corrected chi connectivity index (χ2v) is 19.7. The number of nitrogens with one attached hydrogen (secondary N) is 4. The molecule has 6 aromatic rings. The van der Waals surface area contributed by atoms with Gasteiger partial charge in [0.1, 0.15) is 11.2 Å². The van der Waals surface area contributed by atoms with E-state index in [1.165, 1.54) is 55.0 Å². The van der Waals surface area contributed by atoms with Gasteiger partial charge >= 0.3 is 30.9 Å². The number of H-pyrrole nitrogens is 2. The second kappa shape index (κ2) is 32.3. The first-order valence-corrected chi connectivity index (χ1v) is 25.6. The molecule has 4 aromatic carbocycles. The summed E-state index contributed by atoms with van der Waals surface area (Å²) >= 11 is 0. The Hall–Kier alpha value is -9.35. The first kappa shape index (κ1) is 67.2. The Morgan fingerprint density at radius 2 is 1.06 bits per heavy atom. The molecule has 0 aliphatic heterocycles. The number of ether oxygens (including phenoxy) is 5. The summed E-state index contributed by atoms with van der Waals surface area (Å²) in [5.74, 6) is -1.54. The molecular weight excluding hydrogens is 1120 g/mol. The minimum absolute atomic E-state index is 0.0873. The highest BCUT2D eigenvalue weighted by molar-refractivity contribution is 5.99. The van der Waals surface area contributed by atoms with E-state index in [2.05, 4.69) is 51.7 Å². The molecule has 6 rings (SSSR count). The molecule has 2 heterocycles. The van der Waals surface area contributed by atoms with Crippen molar-refractivity contribution in [3.63, 3.8) is 0 Å². The van der Waals surface area contributed by atoms with Gasteiger partial charge in [-0.3, -0.25) is 29.3 Å². The summed E-state index contributed by atoms with van der Waals surface area (Å²) in [4.78, 5) is 78.4. The molecule has 0 saturated carbocycles. The summed E-state index contributed by atoms with van der Waals surface area (Å²) in [5, 5.41) is 12.6. The van der Waals surface area contributed by atoms with Crippen molar-refractivity contribution in [2.24, 2.45) is 0 Å². The number of anilines is 3.